The number of esters is 1. The Morgan fingerprint density at radius 2 is 1.90 bits per heavy atom. The van der Waals surface area contributed by atoms with E-state index in [2.05, 4.69) is 11.9 Å². The summed E-state index contributed by atoms with van der Waals surface area (Å²) < 4.78 is 5.38. The highest BCUT2D eigenvalue weighted by Crippen LogP contribution is 2.40. The highest BCUT2D eigenvalue weighted by molar-refractivity contribution is 5.80. The lowest BCUT2D eigenvalue weighted by Gasteiger charge is -2.36. The summed E-state index contributed by atoms with van der Waals surface area (Å²) in [5.74, 6) is -1.24. The van der Waals surface area contributed by atoms with Crippen LogP contribution in [0.4, 0.5) is 0 Å². The molecule has 2 N–H and O–H groups in total. The van der Waals surface area contributed by atoms with Crippen LogP contribution in [0.5, 0.6) is 0 Å². The van der Waals surface area contributed by atoms with Gasteiger partial charge in [-0.1, -0.05) is 25.8 Å². The van der Waals surface area contributed by atoms with Crippen molar-refractivity contribution >= 4 is 11.9 Å². The Morgan fingerprint density at radius 3 is 2.33 bits per heavy atom. The zero-order valence-corrected chi connectivity index (χ0v) is 13.3. The van der Waals surface area contributed by atoms with Gasteiger partial charge in [-0.05, 0) is 46.2 Å². The van der Waals surface area contributed by atoms with Crippen molar-refractivity contribution in [1.82, 2.24) is 5.32 Å². The lowest BCUT2D eigenvalue weighted by Crippen LogP contribution is -2.46. The third-order valence-corrected chi connectivity index (χ3v) is 3.87. The van der Waals surface area contributed by atoms with E-state index in [9.17, 15) is 14.7 Å². The van der Waals surface area contributed by atoms with Gasteiger partial charge >= 0.3 is 11.9 Å². The first-order valence-corrected chi connectivity index (χ1v) is 7.53. The zero-order chi connectivity index (χ0) is 16.1. The maximum absolute atomic E-state index is 12.3. The highest BCUT2D eigenvalue weighted by Gasteiger charge is 2.43. The molecule has 5 heteroatoms. The van der Waals surface area contributed by atoms with E-state index in [1.807, 2.05) is 0 Å². The molecular weight excluding hydrogens is 270 g/mol. The van der Waals surface area contributed by atoms with Crippen molar-refractivity contribution in [3.63, 3.8) is 0 Å². The Hall–Kier alpha value is -1.52. The normalized spacial score (nSPS) is 19.4. The smallest absolute Gasteiger partial charge is 0.329 e. The minimum absolute atomic E-state index is 0.239. The molecule has 1 aliphatic carbocycles. The molecule has 5 nitrogen and oxygen atoms in total. The van der Waals surface area contributed by atoms with E-state index in [4.69, 9.17) is 4.74 Å². The summed E-state index contributed by atoms with van der Waals surface area (Å²) in [6.45, 7) is 8.96. The minimum Gasteiger partial charge on any atom is -0.481 e. The van der Waals surface area contributed by atoms with Crippen LogP contribution in [-0.4, -0.2) is 28.7 Å². The third kappa shape index (κ3) is 5.06. The quantitative estimate of drug-likeness (QED) is 0.737. The van der Waals surface area contributed by atoms with Crippen molar-refractivity contribution in [3.05, 3.63) is 12.8 Å². The van der Waals surface area contributed by atoms with E-state index in [1.165, 1.54) is 6.20 Å². The molecule has 1 saturated carbocycles. The molecule has 0 aromatic carbocycles. The fraction of sp³-hybridized carbons (Fsp3) is 0.750. The first-order chi connectivity index (χ1) is 9.70. The predicted octanol–water partition coefficient (Wildman–Crippen LogP) is 2.86. The average Bonchev–Trinajstić information content (AvgIpc) is 2.37. The van der Waals surface area contributed by atoms with Crippen molar-refractivity contribution < 1.29 is 19.4 Å². The summed E-state index contributed by atoms with van der Waals surface area (Å²) in [7, 11) is 0. The second-order valence-corrected chi connectivity index (χ2v) is 6.81. The van der Waals surface area contributed by atoms with Crippen LogP contribution in [0.2, 0.25) is 0 Å². The van der Waals surface area contributed by atoms with Crippen LogP contribution in [0.15, 0.2) is 12.8 Å². The topological polar surface area (TPSA) is 75.6 Å². The first kappa shape index (κ1) is 17.5. The molecule has 0 aliphatic heterocycles. The van der Waals surface area contributed by atoms with E-state index < -0.39 is 29.0 Å². The Balaban J connectivity index is 2.86. The summed E-state index contributed by atoms with van der Waals surface area (Å²) in [5, 5.41) is 12.5. The fourth-order valence-electron chi connectivity index (χ4n) is 2.85. The van der Waals surface area contributed by atoms with Crippen molar-refractivity contribution in [2.45, 2.75) is 70.9 Å². The molecule has 0 radical (unpaired) electrons. The average molecular weight is 297 g/mol. The summed E-state index contributed by atoms with van der Waals surface area (Å²) in [5.41, 5.74) is -1.43. The molecule has 0 aromatic rings. The number of rotatable bonds is 6. The molecule has 0 saturated heterocycles. The van der Waals surface area contributed by atoms with E-state index in [0.717, 1.165) is 19.3 Å². The van der Waals surface area contributed by atoms with Gasteiger partial charge in [0.25, 0.3) is 0 Å². The van der Waals surface area contributed by atoms with E-state index in [1.54, 1.807) is 20.8 Å². The molecule has 1 aliphatic rings. The maximum Gasteiger partial charge on any atom is 0.329 e. The maximum atomic E-state index is 12.3. The van der Waals surface area contributed by atoms with Gasteiger partial charge in [-0.15, -0.1) is 0 Å². The van der Waals surface area contributed by atoms with Crippen LogP contribution < -0.4 is 5.32 Å². The second-order valence-electron chi connectivity index (χ2n) is 6.81. The molecule has 0 aromatic heterocycles. The van der Waals surface area contributed by atoms with Crippen LogP contribution in [0.3, 0.4) is 0 Å². The van der Waals surface area contributed by atoms with Gasteiger partial charge in [-0.2, -0.15) is 0 Å². The number of hydrogen-bond acceptors (Lipinski definition) is 4. The Bertz CT molecular complexity index is 392. The number of carbonyl (C=O) groups excluding carboxylic acids is 1. The summed E-state index contributed by atoms with van der Waals surface area (Å²) in [4.78, 5) is 24.0. The summed E-state index contributed by atoms with van der Waals surface area (Å²) in [6, 6.07) is -0.670. The molecule has 0 amide bonds. The molecule has 0 heterocycles. The third-order valence-electron chi connectivity index (χ3n) is 3.87. The number of carboxylic acid groups (broad SMARTS) is 1. The van der Waals surface area contributed by atoms with Crippen molar-refractivity contribution in [2.75, 3.05) is 0 Å². The molecule has 0 bridgehead atoms. The number of ether oxygens (including phenoxy) is 1. The van der Waals surface area contributed by atoms with Crippen molar-refractivity contribution in [1.29, 1.82) is 0 Å². The van der Waals surface area contributed by atoms with Crippen LogP contribution in [0.25, 0.3) is 0 Å². The number of carbonyl (C=O) groups is 2. The number of hydrogen-bond donors (Lipinski definition) is 2. The van der Waals surface area contributed by atoms with Crippen LogP contribution in [0.1, 0.15) is 59.3 Å². The van der Waals surface area contributed by atoms with Gasteiger partial charge in [0.05, 0.1) is 5.41 Å². The van der Waals surface area contributed by atoms with Gasteiger partial charge in [0.2, 0.25) is 0 Å². The zero-order valence-electron chi connectivity index (χ0n) is 13.3. The van der Waals surface area contributed by atoms with Gasteiger partial charge in [-0.3, -0.25) is 4.79 Å². The van der Waals surface area contributed by atoms with Gasteiger partial charge in [0.1, 0.15) is 11.6 Å². The van der Waals surface area contributed by atoms with Crippen LogP contribution in [-0.2, 0) is 14.3 Å². The summed E-state index contributed by atoms with van der Waals surface area (Å²) in [6.07, 6.45) is 5.72. The van der Waals surface area contributed by atoms with Gasteiger partial charge in [-0.25, -0.2) is 4.79 Å². The molecular formula is C16H27NO4. The lowest BCUT2D eigenvalue weighted by atomic mass is 9.70. The fourth-order valence-corrected chi connectivity index (χ4v) is 2.85. The van der Waals surface area contributed by atoms with E-state index >= 15 is 0 Å². The molecule has 120 valence electrons. The van der Waals surface area contributed by atoms with Crippen molar-refractivity contribution in [3.8, 4) is 0 Å². The van der Waals surface area contributed by atoms with Crippen molar-refractivity contribution in [2.24, 2.45) is 5.41 Å². The minimum atomic E-state index is -0.837. The number of nitrogens with one attached hydrogen (secondary N) is 1. The lowest BCUT2D eigenvalue weighted by molar-refractivity contribution is -0.160. The monoisotopic (exact) mass is 297 g/mol. The van der Waals surface area contributed by atoms with E-state index in [0.29, 0.717) is 12.8 Å². The molecule has 21 heavy (non-hydrogen) atoms. The molecule has 0 spiro atoms. The molecule has 1 unspecified atom stereocenters. The second kappa shape index (κ2) is 6.96. The first-order valence-electron chi connectivity index (χ1n) is 7.53. The Labute approximate surface area is 126 Å². The van der Waals surface area contributed by atoms with Gasteiger partial charge in [0.15, 0.2) is 0 Å². The van der Waals surface area contributed by atoms with E-state index in [-0.39, 0.29) is 6.42 Å². The largest absolute Gasteiger partial charge is 0.481 e. The Morgan fingerprint density at radius 1 is 1.33 bits per heavy atom. The molecule has 1 atom stereocenters. The van der Waals surface area contributed by atoms with Crippen LogP contribution >= 0.6 is 0 Å². The Kier molecular flexibility index (Phi) is 5.81. The SMILES string of the molecule is C=CNC(CC1(C(=O)O)CCCCC1)C(=O)OC(C)(C)C. The predicted molar refractivity (Wildman–Crippen MR) is 80.7 cm³/mol. The number of aliphatic carboxylic acids is 1. The van der Waals surface area contributed by atoms with Gasteiger partial charge < -0.3 is 15.2 Å². The molecule has 1 fully saturated rings. The number of carboxylic acids is 1. The molecule has 1 rings (SSSR count). The van der Waals surface area contributed by atoms with Crippen LogP contribution in [0, 0.1) is 5.41 Å². The highest BCUT2D eigenvalue weighted by atomic mass is 16.6. The summed E-state index contributed by atoms with van der Waals surface area (Å²) >= 11 is 0. The van der Waals surface area contributed by atoms with Gasteiger partial charge in [0, 0.05) is 0 Å². The standard InChI is InChI=1S/C16H27NO4/c1-5-17-12(13(18)21-15(2,3)4)11-16(14(19)20)9-7-6-8-10-16/h5,12,17H,1,6-11H2,2-4H3,(H,19,20).